The fraction of sp³-hybridized carbons (Fsp3) is 0.889. The van der Waals surface area contributed by atoms with Crippen LogP contribution in [0.4, 0.5) is 0 Å². The smallest absolute Gasteiger partial charge is 0.251 e. The fourth-order valence-corrected chi connectivity index (χ4v) is 4.11. The molecular weight excluding hydrogens is 391 g/mol. The molecule has 2 amide bonds. The number of rotatable bonds is 5. The van der Waals surface area contributed by atoms with Gasteiger partial charge in [0.05, 0.1) is 12.6 Å². The summed E-state index contributed by atoms with van der Waals surface area (Å²) in [5.74, 6) is 0.207. The van der Waals surface area contributed by atoms with Crippen molar-refractivity contribution in [2.75, 3.05) is 39.3 Å². The zero-order chi connectivity index (χ0) is 17.6. The second kappa shape index (κ2) is 12.1. The van der Waals surface area contributed by atoms with Crippen molar-refractivity contribution in [3.8, 4) is 0 Å². The van der Waals surface area contributed by atoms with E-state index in [9.17, 15) is 9.59 Å². The second-order valence-corrected chi connectivity index (χ2v) is 7.56. The van der Waals surface area contributed by atoms with E-state index < -0.39 is 0 Å². The molecule has 0 aromatic heterocycles. The van der Waals surface area contributed by atoms with E-state index in [2.05, 4.69) is 10.2 Å². The summed E-state index contributed by atoms with van der Waals surface area (Å²) in [6, 6.07) is 0.360. The Hall–Kier alpha value is -0.600. The van der Waals surface area contributed by atoms with Crippen molar-refractivity contribution in [3.63, 3.8) is 0 Å². The minimum absolute atomic E-state index is 0. The molecule has 2 heterocycles. The summed E-state index contributed by atoms with van der Waals surface area (Å²) >= 11 is 0. The summed E-state index contributed by atoms with van der Waals surface area (Å²) < 4.78 is 5.71. The summed E-state index contributed by atoms with van der Waals surface area (Å²) in [5.41, 5.74) is 5.61. The van der Waals surface area contributed by atoms with Crippen molar-refractivity contribution in [1.29, 1.82) is 0 Å². The van der Waals surface area contributed by atoms with Crippen molar-refractivity contribution in [2.24, 2.45) is 5.73 Å². The molecule has 2 atom stereocenters. The van der Waals surface area contributed by atoms with Crippen molar-refractivity contribution in [2.45, 2.75) is 63.2 Å². The topological polar surface area (TPSA) is 87.9 Å². The maximum atomic E-state index is 12.5. The molecule has 0 aromatic carbocycles. The number of carbonyl (C=O) groups is 2. The number of nitrogens with one attached hydrogen (secondary N) is 1. The van der Waals surface area contributed by atoms with E-state index in [1.807, 2.05) is 4.90 Å². The van der Waals surface area contributed by atoms with Crippen LogP contribution < -0.4 is 11.1 Å². The maximum absolute atomic E-state index is 12.5. The van der Waals surface area contributed by atoms with Gasteiger partial charge in [-0.05, 0) is 25.7 Å². The van der Waals surface area contributed by atoms with E-state index >= 15 is 0 Å². The highest BCUT2D eigenvalue weighted by atomic mass is 35.5. The summed E-state index contributed by atoms with van der Waals surface area (Å²) in [6.07, 6.45) is 7.30. The van der Waals surface area contributed by atoms with E-state index in [1.54, 1.807) is 0 Å². The first-order valence-corrected chi connectivity index (χ1v) is 9.81. The molecule has 2 saturated heterocycles. The fourth-order valence-electron chi connectivity index (χ4n) is 4.11. The van der Waals surface area contributed by atoms with E-state index in [1.165, 1.54) is 19.3 Å². The summed E-state index contributed by atoms with van der Waals surface area (Å²) in [6.45, 7) is 3.75. The highest BCUT2D eigenvalue weighted by molar-refractivity contribution is 5.85. The zero-order valence-electron chi connectivity index (χ0n) is 15.9. The van der Waals surface area contributed by atoms with Gasteiger partial charge in [-0.15, -0.1) is 24.8 Å². The van der Waals surface area contributed by atoms with Gasteiger partial charge in [0.15, 0.2) is 0 Å². The number of amides is 2. The molecule has 3 aliphatic rings. The minimum Gasteiger partial charge on any atom is -0.364 e. The average molecular weight is 425 g/mol. The summed E-state index contributed by atoms with van der Waals surface area (Å²) in [5, 5.41) is 3.16. The number of nitrogens with two attached hydrogens (primary N) is 1. The van der Waals surface area contributed by atoms with Crippen LogP contribution in [-0.4, -0.2) is 79.1 Å². The zero-order valence-corrected chi connectivity index (χ0v) is 17.6. The first kappa shape index (κ1) is 24.4. The Labute approximate surface area is 174 Å². The highest BCUT2D eigenvalue weighted by Crippen LogP contribution is 2.21. The Morgan fingerprint density at radius 3 is 2.22 bits per heavy atom. The van der Waals surface area contributed by atoms with Gasteiger partial charge in [0.2, 0.25) is 5.91 Å². The number of halogens is 2. The van der Waals surface area contributed by atoms with Crippen LogP contribution >= 0.6 is 24.8 Å². The summed E-state index contributed by atoms with van der Waals surface area (Å²) in [4.78, 5) is 28.7. The van der Waals surface area contributed by atoms with E-state index in [-0.39, 0.29) is 48.8 Å². The first-order valence-electron chi connectivity index (χ1n) is 9.81. The lowest BCUT2D eigenvalue weighted by Gasteiger charge is -2.35. The molecule has 0 aromatic rings. The van der Waals surface area contributed by atoms with Crippen LogP contribution in [0.2, 0.25) is 0 Å². The lowest BCUT2D eigenvalue weighted by atomic mass is 9.95. The number of hydrogen-bond donors (Lipinski definition) is 2. The third kappa shape index (κ3) is 7.06. The third-order valence-corrected chi connectivity index (χ3v) is 5.67. The third-order valence-electron chi connectivity index (χ3n) is 5.67. The Morgan fingerprint density at radius 2 is 1.63 bits per heavy atom. The van der Waals surface area contributed by atoms with Crippen LogP contribution in [0.3, 0.4) is 0 Å². The van der Waals surface area contributed by atoms with Crippen molar-refractivity contribution in [3.05, 3.63) is 0 Å². The van der Waals surface area contributed by atoms with Gasteiger partial charge in [-0.25, -0.2) is 0 Å². The van der Waals surface area contributed by atoms with Crippen molar-refractivity contribution < 1.29 is 14.3 Å². The van der Waals surface area contributed by atoms with Crippen molar-refractivity contribution >= 4 is 36.6 Å². The SMILES string of the molecule is Cl.Cl.NC[C@H]1CC[C@@H](C(=O)N2CCN(CC(=O)NC3CCCCC3)CC2)O1. The van der Waals surface area contributed by atoms with Gasteiger partial charge in [-0.1, -0.05) is 19.3 Å². The van der Waals surface area contributed by atoms with Gasteiger partial charge < -0.3 is 20.7 Å². The van der Waals surface area contributed by atoms with Gasteiger partial charge in [0.25, 0.3) is 5.91 Å². The minimum atomic E-state index is -0.324. The molecule has 3 N–H and O–H groups in total. The van der Waals surface area contributed by atoms with Crippen LogP contribution in [0, 0.1) is 0 Å². The van der Waals surface area contributed by atoms with E-state index in [4.69, 9.17) is 10.5 Å². The Morgan fingerprint density at radius 1 is 0.963 bits per heavy atom. The lowest BCUT2D eigenvalue weighted by molar-refractivity contribution is -0.144. The maximum Gasteiger partial charge on any atom is 0.251 e. The molecule has 0 radical (unpaired) electrons. The predicted octanol–water partition coefficient (Wildman–Crippen LogP) is 0.929. The molecule has 158 valence electrons. The number of carbonyl (C=O) groups excluding carboxylic acids is 2. The average Bonchev–Trinajstić information content (AvgIpc) is 3.12. The van der Waals surface area contributed by atoms with Gasteiger partial charge in [-0.2, -0.15) is 0 Å². The Kier molecular flexibility index (Phi) is 10.9. The van der Waals surface area contributed by atoms with Gasteiger partial charge in [-0.3, -0.25) is 14.5 Å². The van der Waals surface area contributed by atoms with Crippen LogP contribution in [0.15, 0.2) is 0 Å². The quantitative estimate of drug-likeness (QED) is 0.684. The molecule has 1 saturated carbocycles. The van der Waals surface area contributed by atoms with Crippen LogP contribution in [0.1, 0.15) is 44.9 Å². The largest absolute Gasteiger partial charge is 0.364 e. The molecule has 2 aliphatic heterocycles. The van der Waals surface area contributed by atoms with E-state index in [0.29, 0.717) is 32.2 Å². The number of hydrogen-bond acceptors (Lipinski definition) is 5. The lowest BCUT2D eigenvalue weighted by Crippen LogP contribution is -2.53. The number of nitrogens with zero attached hydrogens (tertiary/aromatic N) is 2. The number of piperazine rings is 1. The van der Waals surface area contributed by atoms with Crippen LogP contribution in [0.25, 0.3) is 0 Å². The highest BCUT2D eigenvalue weighted by Gasteiger charge is 2.34. The molecule has 0 spiro atoms. The predicted molar refractivity (Wildman–Crippen MR) is 109 cm³/mol. The molecule has 7 nitrogen and oxygen atoms in total. The Balaban J connectivity index is 0.00000182. The summed E-state index contributed by atoms with van der Waals surface area (Å²) in [7, 11) is 0. The Bertz CT molecular complexity index is 470. The molecule has 3 rings (SSSR count). The molecule has 1 aliphatic carbocycles. The van der Waals surface area contributed by atoms with Crippen LogP contribution in [-0.2, 0) is 14.3 Å². The standard InChI is InChI=1S/C18H32N4O3.2ClH/c19-12-15-6-7-16(25-15)18(24)22-10-8-21(9-11-22)13-17(23)20-14-4-2-1-3-5-14;;/h14-16H,1-13,19H2,(H,20,23);2*1H/t15-,16+;;/m1../s1. The second-order valence-electron chi connectivity index (χ2n) is 7.56. The van der Waals surface area contributed by atoms with Gasteiger partial charge >= 0.3 is 0 Å². The van der Waals surface area contributed by atoms with Gasteiger partial charge in [0.1, 0.15) is 6.10 Å². The normalized spacial score (nSPS) is 26.8. The monoisotopic (exact) mass is 424 g/mol. The molecule has 9 heteroatoms. The molecular formula is C18H34Cl2N4O3. The van der Waals surface area contributed by atoms with Gasteiger partial charge in [0, 0.05) is 38.8 Å². The molecule has 27 heavy (non-hydrogen) atoms. The van der Waals surface area contributed by atoms with E-state index in [0.717, 1.165) is 38.8 Å². The van der Waals surface area contributed by atoms with Crippen LogP contribution in [0.5, 0.6) is 0 Å². The molecule has 3 fully saturated rings. The molecule has 0 bridgehead atoms. The first-order chi connectivity index (χ1) is 12.2. The molecule has 0 unspecified atom stereocenters. The number of ether oxygens (including phenoxy) is 1. The van der Waals surface area contributed by atoms with Crippen molar-refractivity contribution in [1.82, 2.24) is 15.1 Å².